The predicted molar refractivity (Wildman–Crippen MR) is 56.0 cm³/mol. The fourth-order valence-corrected chi connectivity index (χ4v) is 1.74. The molecule has 1 aliphatic rings. The van der Waals surface area contributed by atoms with Gasteiger partial charge in [0.1, 0.15) is 17.3 Å². The highest BCUT2D eigenvalue weighted by Gasteiger charge is 2.23. The Labute approximate surface area is 91.8 Å². The Balaban J connectivity index is 2.11. The van der Waals surface area contributed by atoms with E-state index >= 15 is 0 Å². The highest BCUT2D eigenvalue weighted by atomic mass is 19.1. The van der Waals surface area contributed by atoms with E-state index in [1.54, 1.807) is 0 Å². The molecule has 0 spiro atoms. The van der Waals surface area contributed by atoms with Gasteiger partial charge in [0.15, 0.2) is 0 Å². The molecule has 0 saturated carbocycles. The molecule has 86 valence electrons. The lowest BCUT2D eigenvalue weighted by atomic mass is 10.2. The van der Waals surface area contributed by atoms with Crippen molar-refractivity contribution in [1.82, 2.24) is 5.32 Å². The molecule has 1 saturated heterocycles. The molecule has 1 aromatic rings. The maximum absolute atomic E-state index is 13.2. The minimum Gasteiger partial charge on any atom is -0.320 e. The first-order valence-corrected chi connectivity index (χ1v) is 5.17. The highest BCUT2D eigenvalue weighted by molar-refractivity contribution is 5.95. The maximum atomic E-state index is 13.2. The van der Waals surface area contributed by atoms with Crippen molar-refractivity contribution in [3.8, 4) is 0 Å². The molecular formula is C11H12F2N2O. The molecule has 1 atom stereocenters. The number of benzene rings is 1. The van der Waals surface area contributed by atoms with Crippen LogP contribution in [-0.4, -0.2) is 18.5 Å². The smallest absolute Gasteiger partial charge is 0.241 e. The monoisotopic (exact) mass is 226 g/mol. The van der Waals surface area contributed by atoms with Crippen LogP contribution in [0.4, 0.5) is 14.5 Å². The first kappa shape index (κ1) is 11.0. The van der Waals surface area contributed by atoms with Crippen LogP contribution in [-0.2, 0) is 4.79 Å². The zero-order valence-corrected chi connectivity index (χ0v) is 8.59. The van der Waals surface area contributed by atoms with Crippen LogP contribution in [0.5, 0.6) is 0 Å². The summed E-state index contributed by atoms with van der Waals surface area (Å²) < 4.78 is 26.4. The van der Waals surface area contributed by atoms with Crippen molar-refractivity contribution in [2.75, 3.05) is 11.9 Å². The number of halogens is 2. The second kappa shape index (κ2) is 4.57. The van der Waals surface area contributed by atoms with Crippen molar-refractivity contribution in [2.45, 2.75) is 18.9 Å². The van der Waals surface area contributed by atoms with Crippen molar-refractivity contribution in [1.29, 1.82) is 0 Å². The normalized spacial score (nSPS) is 19.8. The van der Waals surface area contributed by atoms with E-state index in [4.69, 9.17) is 0 Å². The van der Waals surface area contributed by atoms with Crippen LogP contribution in [0, 0.1) is 11.6 Å². The van der Waals surface area contributed by atoms with Crippen LogP contribution in [0.15, 0.2) is 18.2 Å². The number of nitrogens with one attached hydrogen (secondary N) is 2. The predicted octanol–water partition coefficient (Wildman–Crippen LogP) is 1.66. The molecule has 1 heterocycles. The second-order valence-corrected chi connectivity index (χ2v) is 3.73. The van der Waals surface area contributed by atoms with Gasteiger partial charge in [-0.25, -0.2) is 8.78 Å². The summed E-state index contributed by atoms with van der Waals surface area (Å²) >= 11 is 0. The van der Waals surface area contributed by atoms with Crippen molar-refractivity contribution in [3.05, 3.63) is 29.8 Å². The van der Waals surface area contributed by atoms with E-state index < -0.39 is 11.6 Å². The van der Waals surface area contributed by atoms with Gasteiger partial charge in [0, 0.05) is 0 Å². The minimum atomic E-state index is -0.758. The molecule has 1 fully saturated rings. The SMILES string of the molecule is O=C(Nc1c(F)cccc1F)[C@H]1CCCN1. The molecular weight excluding hydrogens is 214 g/mol. The quantitative estimate of drug-likeness (QED) is 0.805. The summed E-state index contributed by atoms with van der Waals surface area (Å²) in [7, 11) is 0. The summed E-state index contributed by atoms with van der Waals surface area (Å²) in [4.78, 5) is 11.6. The topological polar surface area (TPSA) is 41.1 Å². The van der Waals surface area contributed by atoms with Gasteiger partial charge < -0.3 is 10.6 Å². The molecule has 3 nitrogen and oxygen atoms in total. The number of carbonyl (C=O) groups is 1. The van der Waals surface area contributed by atoms with Gasteiger partial charge in [-0.3, -0.25) is 4.79 Å². The Morgan fingerprint density at radius 2 is 2.06 bits per heavy atom. The third-order valence-electron chi connectivity index (χ3n) is 2.59. The standard InChI is InChI=1S/C11H12F2N2O/c12-7-3-1-4-8(13)10(7)15-11(16)9-5-2-6-14-9/h1,3-4,9,14H,2,5-6H2,(H,15,16)/t9-/m1/s1. The zero-order chi connectivity index (χ0) is 11.5. The molecule has 0 bridgehead atoms. The molecule has 2 rings (SSSR count). The third-order valence-corrected chi connectivity index (χ3v) is 2.59. The molecule has 1 aromatic carbocycles. The number of amides is 1. The average molecular weight is 226 g/mol. The Bertz CT molecular complexity index is 383. The lowest BCUT2D eigenvalue weighted by molar-refractivity contribution is -0.117. The average Bonchev–Trinajstić information content (AvgIpc) is 2.76. The van der Waals surface area contributed by atoms with Gasteiger partial charge in [-0.1, -0.05) is 6.07 Å². The molecule has 1 aliphatic heterocycles. The van der Waals surface area contributed by atoms with Gasteiger partial charge in [0.05, 0.1) is 6.04 Å². The van der Waals surface area contributed by atoms with Crippen LogP contribution >= 0.6 is 0 Å². The Morgan fingerprint density at radius 3 is 2.62 bits per heavy atom. The van der Waals surface area contributed by atoms with Crippen molar-refractivity contribution in [3.63, 3.8) is 0 Å². The summed E-state index contributed by atoms with van der Waals surface area (Å²) in [5, 5.41) is 5.23. The molecule has 5 heteroatoms. The van der Waals surface area contributed by atoms with E-state index in [0.29, 0.717) is 6.42 Å². The number of carbonyl (C=O) groups excluding carboxylic acids is 1. The van der Waals surface area contributed by atoms with Gasteiger partial charge in [-0.05, 0) is 31.5 Å². The summed E-state index contributed by atoms with van der Waals surface area (Å²) in [6, 6.07) is 3.13. The van der Waals surface area contributed by atoms with Crippen LogP contribution in [0.2, 0.25) is 0 Å². The van der Waals surface area contributed by atoms with E-state index in [0.717, 1.165) is 25.1 Å². The van der Waals surface area contributed by atoms with E-state index in [-0.39, 0.29) is 17.6 Å². The van der Waals surface area contributed by atoms with Crippen LogP contribution < -0.4 is 10.6 Å². The van der Waals surface area contributed by atoms with Gasteiger partial charge >= 0.3 is 0 Å². The van der Waals surface area contributed by atoms with E-state index in [1.807, 2.05) is 0 Å². The van der Waals surface area contributed by atoms with Gasteiger partial charge in [0.2, 0.25) is 5.91 Å². The molecule has 0 aromatic heterocycles. The van der Waals surface area contributed by atoms with Crippen molar-refractivity contribution < 1.29 is 13.6 Å². The minimum absolute atomic E-state index is 0.348. The molecule has 0 radical (unpaired) electrons. The summed E-state index contributed by atoms with van der Waals surface area (Å²) in [5.41, 5.74) is -0.374. The molecule has 1 amide bonds. The van der Waals surface area contributed by atoms with Gasteiger partial charge in [-0.2, -0.15) is 0 Å². The number of para-hydroxylation sites is 1. The number of rotatable bonds is 2. The van der Waals surface area contributed by atoms with Crippen LogP contribution in [0.25, 0.3) is 0 Å². The van der Waals surface area contributed by atoms with Crippen LogP contribution in [0.1, 0.15) is 12.8 Å². The maximum Gasteiger partial charge on any atom is 0.241 e. The van der Waals surface area contributed by atoms with E-state index in [2.05, 4.69) is 10.6 Å². The van der Waals surface area contributed by atoms with Gasteiger partial charge in [-0.15, -0.1) is 0 Å². The second-order valence-electron chi connectivity index (χ2n) is 3.73. The largest absolute Gasteiger partial charge is 0.320 e. The molecule has 0 aliphatic carbocycles. The first-order valence-electron chi connectivity index (χ1n) is 5.17. The Kier molecular flexibility index (Phi) is 3.14. The number of hydrogen-bond acceptors (Lipinski definition) is 2. The van der Waals surface area contributed by atoms with Crippen molar-refractivity contribution >= 4 is 11.6 Å². The fourth-order valence-electron chi connectivity index (χ4n) is 1.74. The summed E-state index contributed by atoms with van der Waals surface area (Å²) in [5.74, 6) is -1.90. The Morgan fingerprint density at radius 1 is 1.38 bits per heavy atom. The molecule has 16 heavy (non-hydrogen) atoms. The first-order chi connectivity index (χ1) is 7.68. The molecule has 2 N–H and O–H groups in total. The number of hydrogen-bond donors (Lipinski definition) is 2. The zero-order valence-electron chi connectivity index (χ0n) is 8.59. The lowest BCUT2D eigenvalue weighted by Gasteiger charge is -2.12. The van der Waals surface area contributed by atoms with E-state index in [9.17, 15) is 13.6 Å². The van der Waals surface area contributed by atoms with E-state index in [1.165, 1.54) is 6.07 Å². The highest BCUT2D eigenvalue weighted by Crippen LogP contribution is 2.19. The summed E-state index contributed by atoms with van der Waals surface area (Å²) in [6.45, 7) is 0.762. The third kappa shape index (κ3) is 2.19. The van der Waals surface area contributed by atoms with Crippen LogP contribution in [0.3, 0.4) is 0 Å². The van der Waals surface area contributed by atoms with Crippen molar-refractivity contribution in [2.24, 2.45) is 0 Å². The van der Waals surface area contributed by atoms with Gasteiger partial charge in [0.25, 0.3) is 0 Å². The molecule has 0 unspecified atom stereocenters. The summed E-state index contributed by atoms with van der Waals surface area (Å²) in [6.07, 6.45) is 1.60. The lowest BCUT2D eigenvalue weighted by Crippen LogP contribution is -2.35. The Hall–Kier alpha value is -1.49. The fraction of sp³-hybridized carbons (Fsp3) is 0.364. The number of anilines is 1.